The summed E-state index contributed by atoms with van der Waals surface area (Å²) >= 11 is 0. The van der Waals surface area contributed by atoms with Crippen molar-refractivity contribution in [1.82, 2.24) is 4.90 Å². The number of aliphatic hydroxyl groups excluding tert-OH is 1. The van der Waals surface area contributed by atoms with Crippen molar-refractivity contribution in [2.45, 2.75) is 38.8 Å². The van der Waals surface area contributed by atoms with Gasteiger partial charge in [-0.25, -0.2) is 4.99 Å². The minimum Gasteiger partial charge on any atom is -0.476 e. The van der Waals surface area contributed by atoms with Crippen molar-refractivity contribution >= 4 is 6.72 Å². The third-order valence-corrected chi connectivity index (χ3v) is 3.19. The van der Waals surface area contributed by atoms with Gasteiger partial charge in [0.25, 0.3) is 0 Å². The summed E-state index contributed by atoms with van der Waals surface area (Å²) in [4.78, 5) is 6.11. The van der Waals surface area contributed by atoms with Crippen molar-refractivity contribution < 1.29 is 9.84 Å². The summed E-state index contributed by atoms with van der Waals surface area (Å²) in [6, 6.07) is 0.457. The summed E-state index contributed by atoms with van der Waals surface area (Å²) in [5, 5.41) is 9.43. The second-order valence-corrected chi connectivity index (χ2v) is 4.41. The molecule has 0 aliphatic carbocycles. The van der Waals surface area contributed by atoms with Crippen LogP contribution in [0.15, 0.2) is 16.4 Å². The molecule has 0 amide bonds. The Morgan fingerprint density at radius 2 is 2.38 bits per heavy atom. The number of hydrogen-bond donors (Lipinski definition) is 1. The van der Waals surface area contributed by atoms with Crippen LogP contribution >= 0.6 is 0 Å². The van der Waals surface area contributed by atoms with Crippen LogP contribution < -0.4 is 0 Å². The Labute approximate surface area is 97.6 Å². The van der Waals surface area contributed by atoms with Crippen molar-refractivity contribution in [1.29, 1.82) is 0 Å². The van der Waals surface area contributed by atoms with Crippen LogP contribution in [0.25, 0.3) is 0 Å². The van der Waals surface area contributed by atoms with Gasteiger partial charge >= 0.3 is 0 Å². The van der Waals surface area contributed by atoms with E-state index in [-0.39, 0.29) is 0 Å². The van der Waals surface area contributed by atoms with Crippen LogP contribution in [0.2, 0.25) is 0 Å². The number of aliphatic hydroxyl groups is 1. The fraction of sp³-hybridized carbons (Fsp3) is 0.750. The zero-order valence-corrected chi connectivity index (χ0v) is 10.4. The van der Waals surface area contributed by atoms with Gasteiger partial charge in [-0.3, -0.25) is 0 Å². The highest BCUT2D eigenvalue weighted by Gasteiger charge is 2.22. The van der Waals surface area contributed by atoms with Crippen molar-refractivity contribution in [3.63, 3.8) is 0 Å². The van der Waals surface area contributed by atoms with Crippen molar-refractivity contribution in [3.05, 3.63) is 11.5 Å². The molecule has 4 nitrogen and oxygen atoms in total. The van der Waals surface area contributed by atoms with E-state index in [4.69, 9.17) is 4.74 Å². The zero-order valence-electron chi connectivity index (χ0n) is 10.4. The second kappa shape index (κ2) is 6.01. The van der Waals surface area contributed by atoms with Gasteiger partial charge in [-0.2, -0.15) is 0 Å². The number of nitrogens with zero attached hydrogens (tertiary/aromatic N) is 2. The predicted molar refractivity (Wildman–Crippen MR) is 65.5 cm³/mol. The third-order valence-electron chi connectivity index (χ3n) is 3.19. The molecule has 0 aromatic heterocycles. The highest BCUT2D eigenvalue weighted by atomic mass is 16.5. The summed E-state index contributed by atoms with van der Waals surface area (Å²) in [7, 11) is 2.10. The van der Waals surface area contributed by atoms with Crippen LogP contribution in [0.5, 0.6) is 0 Å². The molecular weight excluding hydrogens is 204 g/mol. The van der Waals surface area contributed by atoms with E-state index in [9.17, 15) is 5.11 Å². The fourth-order valence-corrected chi connectivity index (χ4v) is 1.83. The molecule has 1 aliphatic heterocycles. The minimum absolute atomic E-state index is 0.457. The van der Waals surface area contributed by atoms with Gasteiger partial charge in [0.05, 0.1) is 6.10 Å². The Bertz CT molecular complexity index is 274. The standard InChI is InChI=1S/C12H22N2O2/c1-9(10(2)15)12(13-3)16-8-11-6-5-7-14(11)4/h10-11,15H,3,5-8H2,1-2,4H3/b12-9-/t10-,11+/m1/s1. The van der Waals surface area contributed by atoms with Gasteiger partial charge in [-0.05, 0) is 47.0 Å². The first kappa shape index (κ1) is 13.2. The van der Waals surface area contributed by atoms with Crippen LogP contribution in [0, 0.1) is 0 Å². The molecule has 0 bridgehead atoms. The molecule has 1 heterocycles. The van der Waals surface area contributed by atoms with Crippen molar-refractivity contribution in [2.24, 2.45) is 4.99 Å². The SMILES string of the molecule is C=N/C(OC[C@@H]1CCCN1C)=C(\C)[C@@H](C)O. The number of aliphatic imine (C=N–C) groups is 1. The van der Waals surface area contributed by atoms with E-state index < -0.39 is 6.10 Å². The van der Waals surface area contributed by atoms with Gasteiger partial charge in [-0.1, -0.05) is 0 Å². The fourth-order valence-electron chi connectivity index (χ4n) is 1.83. The Kier molecular flexibility index (Phi) is 4.96. The molecule has 1 N–H and O–H groups in total. The van der Waals surface area contributed by atoms with Gasteiger partial charge in [0, 0.05) is 11.6 Å². The lowest BCUT2D eigenvalue weighted by Crippen LogP contribution is -2.29. The molecule has 1 fully saturated rings. The molecule has 92 valence electrons. The van der Waals surface area contributed by atoms with Gasteiger partial charge in [-0.15, -0.1) is 0 Å². The monoisotopic (exact) mass is 226 g/mol. The quantitative estimate of drug-likeness (QED) is 0.569. The van der Waals surface area contributed by atoms with Crippen molar-refractivity contribution in [3.8, 4) is 0 Å². The van der Waals surface area contributed by atoms with E-state index in [1.165, 1.54) is 6.42 Å². The van der Waals surface area contributed by atoms with Crippen LogP contribution in [-0.4, -0.2) is 49.1 Å². The van der Waals surface area contributed by atoms with Crippen LogP contribution in [0.1, 0.15) is 26.7 Å². The van der Waals surface area contributed by atoms with E-state index in [0.717, 1.165) is 18.5 Å². The highest BCUT2D eigenvalue weighted by molar-refractivity contribution is 5.29. The summed E-state index contributed by atoms with van der Waals surface area (Å²) < 4.78 is 5.62. The van der Waals surface area contributed by atoms with E-state index >= 15 is 0 Å². The first-order chi connectivity index (χ1) is 7.56. The number of likely N-dealkylation sites (N-methyl/N-ethyl adjacent to an activating group) is 1. The average Bonchev–Trinajstić information content (AvgIpc) is 2.65. The largest absolute Gasteiger partial charge is 0.476 e. The summed E-state index contributed by atoms with van der Waals surface area (Å²) in [5.41, 5.74) is 0.732. The first-order valence-electron chi connectivity index (χ1n) is 5.74. The Morgan fingerprint density at radius 1 is 1.69 bits per heavy atom. The van der Waals surface area contributed by atoms with Gasteiger partial charge < -0.3 is 14.7 Å². The second-order valence-electron chi connectivity index (χ2n) is 4.41. The number of likely N-dealkylation sites (tertiary alicyclic amines) is 1. The summed E-state index contributed by atoms with van der Waals surface area (Å²) in [6.07, 6.45) is 1.84. The molecule has 0 unspecified atom stereocenters. The smallest absolute Gasteiger partial charge is 0.214 e. The molecule has 0 spiro atoms. The lowest BCUT2D eigenvalue weighted by Gasteiger charge is -2.20. The van der Waals surface area contributed by atoms with Gasteiger partial charge in [0.2, 0.25) is 5.88 Å². The normalized spacial score (nSPS) is 25.1. The lowest BCUT2D eigenvalue weighted by atomic mass is 10.2. The molecule has 1 rings (SSSR count). The predicted octanol–water partition coefficient (Wildman–Crippen LogP) is 1.41. The van der Waals surface area contributed by atoms with Crippen LogP contribution in [-0.2, 0) is 4.74 Å². The van der Waals surface area contributed by atoms with Crippen molar-refractivity contribution in [2.75, 3.05) is 20.2 Å². The van der Waals surface area contributed by atoms with Crippen LogP contribution in [0.4, 0.5) is 0 Å². The molecule has 4 heteroatoms. The highest BCUT2D eigenvalue weighted by Crippen LogP contribution is 2.18. The topological polar surface area (TPSA) is 45.1 Å². The Hall–Kier alpha value is -0.870. The molecule has 16 heavy (non-hydrogen) atoms. The Balaban J connectivity index is 2.52. The minimum atomic E-state index is -0.540. The maximum Gasteiger partial charge on any atom is 0.214 e. The maximum atomic E-state index is 9.43. The third kappa shape index (κ3) is 3.32. The summed E-state index contributed by atoms with van der Waals surface area (Å²) in [5.74, 6) is 0.468. The molecular formula is C12H22N2O2. The maximum absolute atomic E-state index is 9.43. The molecule has 0 aromatic carbocycles. The zero-order chi connectivity index (χ0) is 12.1. The Morgan fingerprint density at radius 3 is 2.81 bits per heavy atom. The molecule has 0 aromatic rings. The number of hydrogen-bond acceptors (Lipinski definition) is 4. The van der Waals surface area contributed by atoms with Gasteiger partial charge in [0.1, 0.15) is 6.61 Å². The molecule has 1 saturated heterocycles. The molecule has 2 atom stereocenters. The van der Waals surface area contributed by atoms with E-state index in [2.05, 4.69) is 23.7 Å². The van der Waals surface area contributed by atoms with Crippen LogP contribution in [0.3, 0.4) is 0 Å². The summed E-state index contributed by atoms with van der Waals surface area (Å²) in [6.45, 7) is 8.73. The lowest BCUT2D eigenvalue weighted by molar-refractivity contribution is 0.129. The number of ether oxygens (including phenoxy) is 1. The molecule has 0 radical (unpaired) electrons. The van der Waals surface area contributed by atoms with Gasteiger partial charge in [0.15, 0.2) is 0 Å². The number of rotatable bonds is 5. The van der Waals surface area contributed by atoms with E-state index in [1.54, 1.807) is 6.92 Å². The molecule has 0 saturated carbocycles. The van der Waals surface area contributed by atoms with E-state index in [1.807, 2.05) is 6.92 Å². The van der Waals surface area contributed by atoms with E-state index in [0.29, 0.717) is 18.5 Å². The first-order valence-corrected chi connectivity index (χ1v) is 5.74. The molecule has 1 aliphatic rings. The average molecular weight is 226 g/mol.